The number of nitrogens with one attached hydrogen (secondary N) is 3. The first-order chi connectivity index (χ1) is 13.0. The van der Waals surface area contributed by atoms with E-state index in [-0.39, 0.29) is 24.2 Å². The molecule has 1 heterocycles. The number of nitrogens with two attached hydrogens (primary N) is 1. The molecule has 1 aliphatic heterocycles. The number of benzene rings is 2. The highest BCUT2D eigenvalue weighted by molar-refractivity contribution is 6.30. The second-order valence-electron chi connectivity index (χ2n) is 5.71. The number of carbonyl (C=O) groups excluding carboxylic acids is 2. The van der Waals surface area contributed by atoms with Crippen molar-refractivity contribution in [3.63, 3.8) is 0 Å². The van der Waals surface area contributed by atoms with Crippen LogP contribution in [0.3, 0.4) is 0 Å². The quantitative estimate of drug-likeness (QED) is 0.475. The molecule has 0 aliphatic carbocycles. The summed E-state index contributed by atoms with van der Waals surface area (Å²) in [6.07, 6.45) is -0.122. The van der Waals surface area contributed by atoms with Gasteiger partial charge in [0.2, 0.25) is 17.8 Å². The molecule has 3 rings (SSSR count). The van der Waals surface area contributed by atoms with E-state index in [0.717, 1.165) is 5.69 Å². The SMILES string of the molecule is NC(=NC1=NC(CC(=O)Nc2cccc(Cl)c2)C(=O)N1)Nc1ccccc1. The molecular weight excluding hydrogens is 368 g/mol. The van der Waals surface area contributed by atoms with Crippen LogP contribution in [0.15, 0.2) is 64.6 Å². The molecule has 0 radical (unpaired) electrons. The molecule has 2 aromatic rings. The highest BCUT2D eigenvalue weighted by atomic mass is 35.5. The molecule has 0 spiro atoms. The maximum absolute atomic E-state index is 12.1. The molecule has 2 aromatic carbocycles. The van der Waals surface area contributed by atoms with Crippen LogP contribution in [0.25, 0.3) is 0 Å². The Balaban J connectivity index is 1.60. The zero-order chi connectivity index (χ0) is 19.2. The largest absolute Gasteiger partial charge is 0.369 e. The van der Waals surface area contributed by atoms with Crippen LogP contribution >= 0.6 is 11.6 Å². The van der Waals surface area contributed by atoms with E-state index < -0.39 is 11.9 Å². The van der Waals surface area contributed by atoms with Crippen molar-refractivity contribution in [2.75, 3.05) is 10.6 Å². The summed E-state index contributed by atoms with van der Waals surface area (Å²) in [5.74, 6) is -0.643. The Kier molecular flexibility index (Phi) is 5.68. The van der Waals surface area contributed by atoms with Gasteiger partial charge in [0.25, 0.3) is 5.91 Å². The second-order valence-corrected chi connectivity index (χ2v) is 6.14. The Labute approximate surface area is 160 Å². The first kappa shape index (κ1) is 18.4. The van der Waals surface area contributed by atoms with Crippen molar-refractivity contribution in [1.29, 1.82) is 0 Å². The lowest BCUT2D eigenvalue weighted by Gasteiger charge is -2.07. The monoisotopic (exact) mass is 384 g/mol. The molecule has 1 atom stereocenters. The van der Waals surface area contributed by atoms with E-state index in [1.54, 1.807) is 24.3 Å². The smallest absolute Gasteiger partial charge is 0.252 e. The van der Waals surface area contributed by atoms with Gasteiger partial charge in [-0.2, -0.15) is 4.99 Å². The van der Waals surface area contributed by atoms with Crippen LogP contribution in [-0.2, 0) is 9.59 Å². The fraction of sp³-hybridized carbons (Fsp3) is 0.111. The number of para-hydroxylation sites is 1. The molecule has 0 bridgehead atoms. The lowest BCUT2D eigenvalue weighted by atomic mass is 10.2. The molecule has 5 N–H and O–H groups in total. The number of halogens is 1. The maximum atomic E-state index is 12.1. The van der Waals surface area contributed by atoms with Gasteiger partial charge in [-0.3, -0.25) is 14.9 Å². The van der Waals surface area contributed by atoms with Gasteiger partial charge in [-0.15, -0.1) is 0 Å². The Bertz CT molecular complexity index is 913. The first-order valence-electron chi connectivity index (χ1n) is 8.10. The molecule has 0 aromatic heterocycles. The van der Waals surface area contributed by atoms with Crippen LogP contribution < -0.4 is 21.7 Å². The van der Waals surface area contributed by atoms with Crippen LogP contribution in [0, 0.1) is 0 Å². The zero-order valence-corrected chi connectivity index (χ0v) is 14.9. The summed E-state index contributed by atoms with van der Waals surface area (Å²) < 4.78 is 0. The number of rotatable bonds is 4. The number of anilines is 2. The van der Waals surface area contributed by atoms with Crippen LogP contribution in [0.1, 0.15) is 6.42 Å². The Morgan fingerprint density at radius 1 is 1.15 bits per heavy atom. The molecule has 0 saturated carbocycles. The molecule has 27 heavy (non-hydrogen) atoms. The van der Waals surface area contributed by atoms with Crippen LogP contribution in [-0.4, -0.2) is 29.8 Å². The number of guanidine groups is 2. The fourth-order valence-electron chi connectivity index (χ4n) is 2.39. The Morgan fingerprint density at radius 3 is 2.63 bits per heavy atom. The average Bonchev–Trinajstić information content (AvgIpc) is 2.94. The van der Waals surface area contributed by atoms with Crippen LogP contribution in [0.2, 0.25) is 5.02 Å². The number of hydrogen-bond donors (Lipinski definition) is 4. The van der Waals surface area contributed by atoms with E-state index in [0.29, 0.717) is 10.7 Å². The van der Waals surface area contributed by atoms with Gasteiger partial charge in [0.1, 0.15) is 6.04 Å². The summed E-state index contributed by atoms with van der Waals surface area (Å²) in [6, 6.07) is 15.1. The molecule has 1 aliphatic rings. The predicted octanol–water partition coefficient (Wildman–Crippen LogP) is 1.95. The molecule has 138 valence electrons. The third-order valence-corrected chi connectivity index (χ3v) is 3.81. The van der Waals surface area contributed by atoms with Gasteiger partial charge in [-0.1, -0.05) is 35.9 Å². The second kappa shape index (κ2) is 8.33. The van der Waals surface area contributed by atoms with Gasteiger partial charge in [0.15, 0.2) is 0 Å². The Morgan fingerprint density at radius 2 is 1.89 bits per heavy atom. The minimum Gasteiger partial charge on any atom is -0.369 e. The van der Waals surface area contributed by atoms with Gasteiger partial charge in [-0.05, 0) is 30.3 Å². The van der Waals surface area contributed by atoms with E-state index in [1.165, 1.54) is 0 Å². The van der Waals surface area contributed by atoms with E-state index in [1.807, 2.05) is 30.3 Å². The van der Waals surface area contributed by atoms with E-state index in [9.17, 15) is 9.59 Å². The normalized spacial score (nSPS) is 16.5. The number of amides is 2. The van der Waals surface area contributed by atoms with Gasteiger partial charge >= 0.3 is 0 Å². The topological polar surface area (TPSA) is 121 Å². The molecule has 0 fully saturated rings. The summed E-state index contributed by atoms with van der Waals surface area (Å²) in [6.45, 7) is 0. The van der Waals surface area contributed by atoms with Crippen molar-refractivity contribution in [2.45, 2.75) is 12.5 Å². The van der Waals surface area contributed by atoms with Crippen molar-refractivity contribution in [3.05, 3.63) is 59.6 Å². The van der Waals surface area contributed by atoms with E-state index in [2.05, 4.69) is 25.9 Å². The number of nitrogens with zero attached hydrogens (tertiary/aromatic N) is 2. The summed E-state index contributed by atoms with van der Waals surface area (Å²) in [4.78, 5) is 32.3. The van der Waals surface area contributed by atoms with Gasteiger partial charge in [-0.25, -0.2) is 4.99 Å². The van der Waals surface area contributed by atoms with Gasteiger partial charge in [0.05, 0.1) is 6.42 Å². The number of aliphatic imine (C=N–C) groups is 2. The highest BCUT2D eigenvalue weighted by Gasteiger charge is 2.28. The average molecular weight is 385 g/mol. The molecule has 9 heteroatoms. The summed E-state index contributed by atoms with van der Waals surface area (Å²) in [5, 5.41) is 8.56. The standard InChI is InChI=1S/C18H17ClN6O2/c19-11-5-4-8-13(9-11)21-15(26)10-14-16(27)24-18(23-14)25-17(20)22-12-6-2-1-3-7-12/h1-9,14H,10H2,(H,21,26)(H4,20,22,23,24,25,27). The minimum absolute atomic E-state index is 0.0569. The van der Waals surface area contributed by atoms with Crippen molar-refractivity contribution in [3.8, 4) is 0 Å². The zero-order valence-electron chi connectivity index (χ0n) is 14.1. The molecule has 8 nitrogen and oxygen atoms in total. The van der Waals surface area contributed by atoms with Crippen LogP contribution in [0.5, 0.6) is 0 Å². The lowest BCUT2D eigenvalue weighted by molar-refractivity contribution is -0.123. The van der Waals surface area contributed by atoms with E-state index in [4.69, 9.17) is 17.3 Å². The summed E-state index contributed by atoms with van der Waals surface area (Å²) in [7, 11) is 0. The molecule has 0 saturated heterocycles. The lowest BCUT2D eigenvalue weighted by Crippen LogP contribution is -2.32. The van der Waals surface area contributed by atoms with E-state index >= 15 is 0 Å². The third kappa shape index (κ3) is 5.29. The number of carbonyl (C=O) groups is 2. The predicted molar refractivity (Wildman–Crippen MR) is 106 cm³/mol. The number of hydrogen-bond acceptors (Lipinski definition) is 4. The molecule has 1 unspecified atom stereocenters. The van der Waals surface area contributed by atoms with Crippen molar-refractivity contribution in [1.82, 2.24) is 5.32 Å². The summed E-state index contributed by atoms with van der Waals surface area (Å²) >= 11 is 5.88. The Hall–Kier alpha value is -3.39. The summed E-state index contributed by atoms with van der Waals surface area (Å²) in [5.41, 5.74) is 7.11. The maximum Gasteiger partial charge on any atom is 0.252 e. The fourth-order valence-corrected chi connectivity index (χ4v) is 2.58. The molecule has 2 amide bonds. The van der Waals surface area contributed by atoms with Crippen molar-refractivity contribution in [2.24, 2.45) is 15.7 Å². The highest BCUT2D eigenvalue weighted by Crippen LogP contribution is 2.16. The van der Waals surface area contributed by atoms with Crippen molar-refractivity contribution >= 4 is 46.7 Å². The first-order valence-corrected chi connectivity index (χ1v) is 8.48. The van der Waals surface area contributed by atoms with Gasteiger partial charge in [0, 0.05) is 16.4 Å². The van der Waals surface area contributed by atoms with Crippen LogP contribution in [0.4, 0.5) is 11.4 Å². The minimum atomic E-state index is -0.868. The van der Waals surface area contributed by atoms with Gasteiger partial charge < -0.3 is 16.4 Å². The van der Waals surface area contributed by atoms with Crippen molar-refractivity contribution < 1.29 is 9.59 Å². The molecular formula is C18H17ClN6O2. The third-order valence-electron chi connectivity index (χ3n) is 3.58.